The van der Waals surface area contributed by atoms with Gasteiger partial charge in [0.05, 0.1) is 17.3 Å². The van der Waals surface area contributed by atoms with Crippen LogP contribution in [0.3, 0.4) is 0 Å². The number of benzene rings is 2. The second-order valence-electron chi connectivity index (χ2n) is 8.73. The molecule has 4 N–H and O–H groups in total. The van der Waals surface area contributed by atoms with Crippen LogP contribution in [0.4, 0.5) is 13.6 Å². The van der Waals surface area contributed by atoms with Gasteiger partial charge in [0.25, 0.3) is 0 Å². The lowest BCUT2D eigenvalue weighted by molar-refractivity contribution is -0.142. The zero-order chi connectivity index (χ0) is 27.4. The van der Waals surface area contributed by atoms with Gasteiger partial charge in [0.1, 0.15) is 23.7 Å². The number of halogens is 2. The molecule has 3 rings (SSSR count). The summed E-state index contributed by atoms with van der Waals surface area (Å²) in [6.07, 6.45) is 0. The van der Waals surface area contributed by atoms with Gasteiger partial charge in [-0.15, -0.1) is 11.8 Å². The fraction of sp³-hybridized carbons (Fsp3) is 0.348. The predicted octanol–water partition coefficient (Wildman–Crippen LogP) is 1.88. The van der Waals surface area contributed by atoms with E-state index in [1.54, 1.807) is 32.0 Å². The van der Waals surface area contributed by atoms with Gasteiger partial charge < -0.3 is 21.1 Å². The van der Waals surface area contributed by atoms with Gasteiger partial charge in [-0.1, -0.05) is 18.2 Å². The van der Waals surface area contributed by atoms with Crippen molar-refractivity contribution in [2.75, 3.05) is 12.4 Å². The maximum absolute atomic E-state index is 13.3. The van der Waals surface area contributed by atoms with Gasteiger partial charge in [0.15, 0.2) is 0 Å². The Kier molecular flexibility index (Phi) is 8.76. The molecule has 2 atom stereocenters. The van der Waals surface area contributed by atoms with Crippen molar-refractivity contribution >= 4 is 39.7 Å². The van der Waals surface area contributed by atoms with Crippen LogP contribution in [0.2, 0.25) is 0 Å². The molecule has 1 heterocycles. The van der Waals surface area contributed by atoms with E-state index in [1.165, 1.54) is 23.9 Å². The van der Waals surface area contributed by atoms with Crippen LogP contribution in [0.15, 0.2) is 53.4 Å². The molecule has 1 aliphatic heterocycles. The molecule has 3 amide bonds. The van der Waals surface area contributed by atoms with Gasteiger partial charge in [0.2, 0.25) is 15.9 Å². The number of carbonyl (C=O) groups is 3. The molecule has 0 aromatic heterocycles. The van der Waals surface area contributed by atoms with Gasteiger partial charge in [-0.3, -0.25) is 4.79 Å². The molecular weight excluding hydrogens is 530 g/mol. The van der Waals surface area contributed by atoms with Crippen molar-refractivity contribution in [3.8, 4) is 0 Å². The van der Waals surface area contributed by atoms with Crippen LogP contribution in [0, 0.1) is 11.6 Å². The Labute approximate surface area is 216 Å². The van der Waals surface area contributed by atoms with Gasteiger partial charge in [-0.25, -0.2) is 26.8 Å². The highest BCUT2D eigenvalue weighted by Gasteiger charge is 2.51. The van der Waals surface area contributed by atoms with Gasteiger partial charge in [-0.2, -0.15) is 4.31 Å². The summed E-state index contributed by atoms with van der Waals surface area (Å²) in [5.41, 5.74) is 0.149. The summed E-state index contributed by atoms with van der Waals surface area (Å²) in [5, 5.41) is 16.5. The Morgan fingerprint density at radius 1 is 1.11 bits per heavy atom. The van der Waals surface area contributed by atoms with E-state index in [-0.39, 0.29) is 22.9 Å². The summed E-state index contributed by atoms with van der Waals surface area (Å²) in [6, 6.07) is 6.67. The summed E-state index contributed by atoms with van der Waals surface area (Å²) in [6.45, 7) is 2.60. The first-order valence-electron chi connectivity index (χ1n) is 11.0. The average molecular weight is 557 g/mol. The lowest BCUT2D eigenvalue weighted by Crippen LogP contribution is -2.58. The Morgan fingerprint density at radius 3 is 2.32 bits per heavy atom. The smallest absolute Gasteiger partial charge is 0.328 e. The number of nitrogens with zero attached hydrogens (tertiary/aromatic N) is 1. The zero-order valence-corrected chi connectivity index (χ0v) is 21.5. The lowest BCUT2D eigenvalue weighted by Gasteiger charge is -2.30. The fourth-order valence-corrected chi connectivity index (χ4v) is 6.91. The van der Waals surface area contributed by atoms with Gasteiger partial charge >= 0.3 is 12.0 Å². The van der Waals surface area contributed by atoms with E-state index < -0.39 is 62.9 Å². The molecule has 37 heavy (non-hydrogen) atoms. The first kappa shape index (κ1) is 28.3. The van der Waals surface area contributed by atoms with E-state index >= 15 is 0 Å². The summed E-state index contributed by atoms with van der Waals surface area (Å²) >= 11 is 1.23. The largest absolute Gasteiger partial charge is 0.480 e. The zero-order valence-electron chi connectivity index (χ0n) is 19.9. The summed E-state index contributed by atoms with van der Waals surface area (Å²) in [4.78, 5) is 37.1. The molecule has 0 spiro atoms. The number of rotatable bonds is 9. The van der Waals surface area contributed by atoms with E-state index in [2.05, 4.69) is 16.0 Å². The number of sulfonamides is 1. The highest BCUT2D eigenvalue weighted by molar-refractivity contribution is 8.02. The van der Waals surface area contributed by atoms with E-state index in [0.717, 1.165) is 16.4 Å². The molecule has 200 valence electrons. The number of aliphatic carboxylic acids is 1. The standard InChI is InChI=1S/C23H26F2N4O6S2/c1-23(2)19(29(13-36-23)37(34,35)17-6-4-3-5-7-17)20(30)28-18(21(31)32)12-27-22(33)26-11-14-8-15(24)10-16(25)9-14/h3-10,18-19H,11-13H2,1-2H3,(H,28,30)(H,31,32)(H2,26,27,33). The summed E-state index contributed by atoms with van der Waals surface area (Å²) in [5.74, 6) is -3.94. The maximum Gasteiger partial charge on any atom is 0.328 e. The van der Waals surface area contributed by atoms with Gasteiger partial charge in [0, 0.05) is 17.4 Å². The highest BCUT2D eigenvalue weighted by Crippen LogP contribution is 2.42. The Balaban J connectivity index is 1.66. The fourth-order valence-electron chi connectivity index (χ4n) is 3.72. The number of thioether (sulfide) groups is 1. The monoisotopic (exact) mass is 556 g/mol. The minimum atomic E-state index is -4.05. The minimum Gasteiger partial charge on any atom is -0.480 e. The average Bonchev–Trinajstić information content (AvgIpc) is 3.15. The molecule has 2 unspecified atom stereocenters. The number of hydrogen-bond acceptors (Lipinski definition) is 6. The van der Waals surface area contributed by atoms with Crippen LogP contribution in [0.25, 0.3) is 0 Å². The van der Waals surface area contributed by atoms with Crippen molar-refractivity contribution in [2.24, 2.45) is 0 Å². The number of carbonyl (C=O) groups excluding carboxylic acids is 2. The molecule has 2 aromatic rings. The number of carboxylic acid groups (broad SMARTS) is 1. The SMILES string of the molecule is CC1(C)SCN(S(=O)(=O)c2ccccc2)C1C(=O)NC(CNC(=O)NCc1cc(F)cc(F)c1)C(=O)O. The predicted molar refractivity (Wildman–Crippen MR) is 132 cm³/mol. The van der Waals surface area contributed by atoms with Crippen molar-refractivity contribution in [2.45, 2.75) is 42.1 Å². The molecule has 14 heteroatoms. The maximum atomic E-state index is 13.3. The number of amides is 3. The normalized spacial score (nSPS) is 18.1. The van der Waals surface area contributed by atoms with E-state index in [1.807, 2.05) is 0 Å². The van der Waals surface area contributed by atoms with E-state index in [0.29, 0.717) is 6.07 Å². The Hall–Kier alpha value is -3.23. The van der Waals surface area contributed by atoms with E-state index in [4.69, 9.17) is 0 Å². The second kappa shape index (κ2) is 11.4. The van der Waals surface area contributed by atoms with Crippen molar-refractivity contribution in [1.82, 2.24) is 20.3 Å². The third kappa shape index (κ3) is 6.96. The van der Waals surface area contributed by atoms with Crippen LogP contribution < -0.4 is 16.0 Å². The molecular formula is C23H26F2N4O6S2. The van der Waals surface area contributed by atoms with Crippen molar-refractivity contribution in [1.29, 1.82) is 0 Å². The number of urea groups is 1. The molecule has 1 fully saturated rings. The molecule has 0 radical (unpaired) electrons. The molecule has 0 bridgehead atoms. The molecule has 1 saturated heterocycles. The van der Waals surface area contributed by atoms with Crippen LogP contribution in [0.1, 0.15) is 19.4 Å². The van der Waals surface area contributed by atoms with Crippen molar-refractivity contribution < 1.29 is 36.7 Å². The third-order valence-corrected chi connectivity index (χ3v) is 8.93. The molecule has 0 saturated carbocycles. The van der Waals surface area contributed by atoms with Crippen LogP contribution in [0.5, 0.6) is 0 Å². The first-order chi connectivity index (χ1) is 17.3. The molecule has 0 aliphatic carbocycles. The quantitative estimate of drug-likeness (QED) is 0.369. The minimum absolute atomic E-state index is 0.00241. The number of hydrogen-bond donors (Lipinski definition) is 4. The second-order valence-corrected chi connectivity index (χ2v) is 12.2. The Bertz CT molecular complexity index is 1260. The van der Waals surface area contributed by atoms with Crippen molar-refractivity contribution in [3.05, 3.63) is 65.7 Å². The summed E-state index contributed by atoms with van der Waals surface area (Å²) < 4.78 is 53.1. The van der Waals surface area contributed by atoms with Gasteiger partial charge in [-0.05, 0) is 43.7 Å². The molecule has 2 aromatic carbocycles. The number of carboxylic acids is 1. The number of nitrogens with one attached hydrogen (secondary N) is 3. The topological polar surface area (TPSA) is 145 Å². The first-order valence-corrected chi connectivity index (χ1v) is 13.4. The third-order valence-electron chi connectivity index (χ3n) is 5.57. The highest BCUT2D eigenvalue weighted by atomic mass is 32.2. The van der Waals surface area contributed by atoms with Crippen molar-refractivity contribution in [3.63, 3.8) is 0 Å². The molecule has 10 nitrogen and oxygen atoms in total. The van der Waals surface area contributed by atoms with E-state index in [9.17, 15) is 36.7 Å². The van der Waals surface area contributed by atoms with Crippen LogP contribution in [-0.4, -0.2) is 65.0 Å². The lowest BCUT2D eigenvalue weighted by atomic mass is 10.0. The summed E-state index contributed by atoms with van der Waals surface area (Å²) in [7, 11) is -4.05. The Morgan fingerprint density at radius 2 is 1.73 bits per heavy atom. The molecule has 1 aliphatic rings. The van der Waals surface area contributed by atoms with Crippen LogP contribution >= 0.6 is 11.8 Å². The van der Waals surface area contributed by atoms with Crippen LogP contribution in [-0.2, 0) is 26.2 Å².